The third-order valence-electron chi connectivity index (χ3n) is 4.01. The number of nitrogens with zero attached hydrogens (tertiary/aromatic N) is 2. The van der Waals surface area contributed by atoms with Crippen LogP contribution in [0, 0.1) is 11.2 Å². The van der Waals surface area contributed by atoms with Crippen LogP contribution in [0.15, 0.2) is 18.2 Å². The van der Waals surface area contributed by atoms with Gasteiger partial charge in [-0.2, -0.15) is 0 Å². The molecule has 1 aliphatic heterocycles. The summed E-state index contributed by atoms with van der Waals surface area (Å²) in [7, 11) is 4.17. The maximum absolute atomic E-state index is 14.0. The Kier molecular flexibility index (Phi) is 4.73. The lowest BCUT2D eigenvalue weighted by atomic mass is 10.0. The number of benzene rings is 1. The Morgan fingerprint density at radius 1 is 1.55 bits per heavy atom. The molecule has 1 aromatic rings. The Bertz CT molecular complexity index is 489. The van der Waals surface area contributed by atoms with Crippen LogP contribution in [-0.2, 0) is 6.54 Å². The van der Waals surface area contributed by atoms with E-state index >= 15 is 0 Å². The zero-order chi connectivity index (χ0) is 14.7. The Labute approximate surface area is 119 Å². The summed E-state index contributed by atoms with van der Waals surface area (Å²) >= 11 is 0. The molecular formula is C15H23FN4. The van der Waals surface area contributed by atoms with Gasteiger partial charge in [-0.05, 0) is 39.5 Å². The van der Waals surface area contributed by atoms with Crippen LogP contribution in [0.5, 0.6) is 0 Å². The minimum absolute atomic E-state index is 0.0993. The molecule has 0 amide bonds. The van der Waals surface area contributed by atoms with Crippen molar-refractivity contribution in [1.29, 1.82) is 5.41 Å². The van der Waals surface area contributed by atoms with Gasteiger partial charge in [-0.25, -0.2) is 4.39 Å². The van der Waals surface area contributed by atoms with Crippen LogP contribution >= 0.6 is 0 Å². The number of likely N-dealkylation sites (tertiary alicyclic amines) is 1. The minimum atomic E-state index is -0.284. The molecule has 1 atom stereocenters. The smallest absolute Gasteiger partial charge is 0.128 e. The number of piperidine rings is 1. The predicted octanol–water partition coefficient (Wildman–Crippen LogP) is 1.64. The van der Waals surface area contributed by atoms with Crippen LogP contribution in [0.3, 0.4) is 0 Å². The van der Waals surface area contributed by atoms with E-state index in [4.69, 9.17) is 11.1 Å². The third kappa shape index (κ3) is 3.55. The number of hydrogen-bond donors (Lipinski definition) is 2. The molecule has 2 rings (SSSR count). The summed E-state index contributed by atoms with van der Waals surface area (Å²) in [6, 6.07) is 5.26. The zero-order valence-corrected chi connectivity index (χ0v) is 12.2. The van der Waals surface area contributed by atoms with Crippen molar-refractivity contribution in [2.45, 2.75) is 25.4 Å². The largest absolute Gasteiger partial charge is 0.384 e. The van der Waals surface area contributed by atoms with Crippen molar-refractivity contribution in [1.82, 2.24) is 9.80 Å². The number of likely N-dealkylation sites (N-methyl/N-ethyl adjacent to an activating group) is 2. The Morgan fingerprint density at radius 2 is 2.30 bits per heavy atom. The zero-order valence-electron chi connectivity index (χ0n) is 12.2. The molecule has 20 heavy (non-hydrogen) atoms. The van der Waals surface area contributed by atoms with Gasteiger partial charge in [0.05, 0.1) is 0 Å². The first-order valence-corrected chi connectivity index (χ1v) is 6.99. The molecular weight excluding hydrogens is 255 g/mol. The van der Waals surface area contributed by atoms with E-state index in [0.717, 1.165) is 19.5 Å². The van der Waals surface area contributed by atoms with Crippen molar-refractivity contribution < 1.29 is 4.39 Å². The van der Waals surface area contributed by atoms with Crippen molar-refractivity contribution in [3.63, 3.8) is 0 Å². The monoisotopic (exact) mass is 278 g/mol. The minimum Gasteiger partial charge on any atom is -0.384 e. The van der Waals surface area contributed by atoms with Gasteiger partial charge in [-0.1, -0.05) is 12.1 Å². The van der Waals surface area contributed by atoms with Crippen LogP contribution < -0.4 is 5.73 Å². The number of halogens is 1. The molecule has 0 saturated carbocycles. The molecule has 0 spiro atoms. The molecule has 5 heteroatoms. The summed E-state index contributed by atoms with van der Waals surface area (Å²) < 4.78 is 14.0. The van der Waals surface area contributed by atoms with Crippen LogP contribution in [0.25, 0.3) is 0 Å². The van der Waals surface area contributed by atoms with Crippen LogP contribution in [0.1, 0.15) is 24.0 Å². The van der Waals surface area contributed by atoms with Gasteiger partial charge >= 0.3 is 0 Å². The topological polar surface area (TPSA) is 56.4 Å². The fraction of sp³-hybridized carbons (Fsp3) is 0.533. The van der Waals surface area contributed by atoms with Crippen molar-refractivity contribution in [3.05, 3.63) is 35.1 Å². The molecule has 1 saturated heterocycles. The third-order valence-corrected chi connectivity index (χ3v) is 4.01. The van der Waals surface area contributed by atoms with Gasteiger partial charge in [0.15, 0.2) is 0 Å². The molecule has 1 fully saturated rings. The second-order valence-electron chi connectivity index (χ2n) is 5.69. The molecule has 1 aliphatic rings. The predicted molar refractivity (Wildman–Crippen MR) is 79.4 cm³/mol. The van der Waals surface area contributed by atoms with E-state index in [0.29, 0.717) is 23.7 Å². The Balaban J connectivity index is 2.03. The van der Waals surface area contributed by atoms with Gasteiger partial charge in [-0.15, -0.1) is 0 Å². The van der Waals surface area contributed by atoms with Gasteiger partial charge in [0.25, 0.3) is 0 Å². The molecule has 0 aliphatic carbocycles. The molecule has 110 valence electrons. The Hall–Kier alpha value is -1.46. The average Bonchev–Trinajstić information content (AvgIpc) is 2.40. The number of rotatable bonds is 4. The number of nitrogen functional groups attached to an aromatic ring is 1. The van der Waals surface area contributed by atoms with E-state index in [1.807, 2.05) is 7.05 Å². The maximum Gasteiger partial charge on any atom is 0.128 e. The lowest BCUT2D eigenvalue weighted by Crippen LogP contribution is -2.44. The van der Waals surface area contributed by atoms with Crippen LogP contribution in [-0.4, -0.2) is 48.9 Å². The van der Waals surface area contributed by atoms with Crippen molar-refractivity contribution in [2.75, 3.05) is 27.2 Å². The standard InChI is InChI=1S/C15H23FN4/c1-19-7-3-4-13(10-19)20(2)9-12-6-5-11(15(17)18)8-14(12)16/h5-6,8,13H,3-4,7,9-10H2,1-2H3,(H3,17,18). The summed E-state index contributed by atoms with van der Waals surface area (Å²) in [6.07, 6.45) is 2.35. The highest BCUT2D eigenvalue weighted by molar-refractivity contribution is 5.94. The summed E-state index contributed by atoms with van der Waals surface area (Å²) in [5.74, 6) is -0.383. The number of nitrogens with one attached hydrogen (secondary N) is 1. The lowest BCUT2D eigenvalue weighted by Gasteiger charge is -2.36. The number of amidine groups is 1. The molecule has 0 bridgehead atoms. The van der Waals surface area contributed by atoms with Crippen molar-refractivity contribution in [2.24, 2.45) is 5.73 Å². The van der Waals surface area contributed by atoms with E-state index in [1.165, 1.54) is 12.5 Å². The number of hydrogen-bond acceptors (Lipinski definition) is 3. The van der Waals surface area contributed by atoms with E-state index in [-0.39, 0.29) is 11.7 Å². The molecule has 0 aromatic heterocycles. The van der Waals surface area contributed by atoms with E-state index in [2.05, 4.69) is 16.8 Å². The quantitative estimate of drug-likeness (QED) is 0.650. The summed E-state index contributed by atoms with van der Waals surface area (Å²) in [6.45, 7) is 2.76. The molecule has 3 N–H and O–H groups in total. The Morgan fingerprint density at radius 3 is 2.90 bits per heavy atom. The molecule has 4 nitrogen and oxygen atoms in total. The number of nitrogens with two attached hydrogens (primary N) is 1. The van der Waals surface area contributed by atoms with Crippen molar-refractivity contribution in [3.8, 4) is 0 Å². The first-order chi connectivity index (χ1) is 9.47. The first kappa shape index (κ1) is 14.9. The second-order valence-corrected chi connectivity index (χ2v) is 5.69. The summed E-state index contributed by atoms with van der Waals surface area (Å²) in [5, 5.41) is 7.32. The van der Waals surface area contributed by atoms with E-state index in [9.17, 15) is 4.39 Å². The van der Waals surface area contributed by atoms with Crippen molar-refractivity contribution >= 4 is 5.84 Å². The normalized spacial score (nSPS) is 20.3. The van der Waals surface area contributed by atoms with Crippen LogP contribution in [0.2, 0.25) is 0 Å². The lowest BCUT2D eigenvalue weighted by molar-refractivity contribution is 0.128. The van der Waals surface area contributed by atoms with Gasteiger partial charge in [0.1, 0.15) is 11.7 Å². The van der Waals surface area contributed by atoms with E-state index < -0.39 is 0 Å². The highest BCUT2D eigenvalue weighted by Gasteiger charge is 2.21. The molecule has 1 unspecified atom stereocenters. The molecule has 1 aromatic carbocycles. The van der Waals surface area contributed by atoms with Gasteiger partial charge in [0.2, 0.25) is 0 Å². The summed E-state index contributed by atoms with van der Waals surface area (Å²) in [5.41, 5.74) is 6.46. The van der Waals surface area contributed by atoms with Gasteiger partial charge < -0.3 is 10.6 Å². The highest BCUT2D eigenvalue weighted by atomic mass is 19.1. The second kappa shape index (κ2) is 6.33. The van der Waals surface area contributed by atoms with Gasteiger partial charge in [0, 0.05) is 30.3 Å². The highest BCUT2D eigenvalue weighted by Crippen LogP contribution is 2.18. The maximum atomic E-state index is 14.0. The summed E-state index contributed by atoms with van der Waals surface area (Å²) in [4.78, 5) is 4.53. The SMILES string of the molecule is CN1CCCC(N(C)Cc2ccc(C(=N)N)cc2F)C1. The van der Waals surface area contributed by atoms with Gasteiger partial charge in [-0.3, -0.25) is 10.3 Å². The van der Waals surface area contributed by atoms with E-state index in [1.54, 1.807) is 12.1 Å². The fourth-order valence-corrected chi connectivity index (χ4v) is 2.74. The van der Waals surface area contributed by atoms with Crippen LogP contribution in [0.4, 0.5) is 4.39 Å². The fourth-order valence-electron chi connectivity index (χ4n) is 2.74. The average molecular weight is 278 g/mol. The molecule has 1 heterocycles. The molecule has 0 radical (unpaired) electrons. The first-order valence-electron chi connectivity index (χ1n) is 6.99.